The summed E-state index contributed by atoms with van der Waals surface area (Å²) in [5, 5.41) is 8.65. The van der Waals surface area contributed by atoms with E-state index in [9.17, 15) is 24.0 Å². The zero-order chi connectivity index (χ0) is 35.3. The summed E-state index contributed by atoms with van der Waals surface area (Å²) in [5.74, 6) is -3.34. The second-order valence-electron chi connectivity index (χ2n) is 12.5. The summed E-state index contributed by atoms with van der Waals surface area (Å²) in [4.78, 5) is 70.5. The second kappa shape index (κ2) is 17.6. The van der Waals surface area contributed by atoms with Crippen LogP contribution in [0, 0.1) is 5.92 Å². The number of amides is 3. The summed E-state index contributed by atoms with van der Waals surface area (Å²) in [6, 6.07) is 16.1. The molecule has 2 aromatic carbocycles. The first kappa shape index (κ1) is 37.2. The van der Waals surface area contributed by atoms with Gasteiger partial charge in [-0.2, -0.15) is 0 Å². The molecule has 1 aromatic heterocycles. The van der Waals surface area contributed by atoms with Crippen LogP contribution < -0.4 is 16.0 Å². The number of benzene rings is 2. The number of hydrogen-bond acceptors (Lipinski definition) is 9. The van der Waals surface area contributed by atoms with E-state index in [1.807, 2.05) is 36.4 Å². The summed E-state index contributed by atoms with van der Waals surface area (Å²) in [6.07, 6.45) is -0.167. The summed E-state index contributed by atoms with van der Waals surface area (Å²) >= 11 is 0. The molecule has 256 valence electrons. The van der Waals surface area contributed by atoms with Gasteiger partial charge < -0.3 is 30.2 Å². The van der Waals surface area contributed by atoms with Gasteiger partial charge in [0.05, 0.1) is 11.9 Å². The smallest absolute Gasteiger partial charge is 0.408 e. The first-order valence-electron chi connectivity index (χ1n) is 15.7. The number of pyridine rings is 1. The number of nitrogens with one attached hydrogen (secondary N) is 3. The molecular weight excluding hydrogens is 616 g/mol. The van der Waals surface area contributed by atoms with Crippen molar-refractivity contribution in [3.05, 3.63) is 90.6 Å². The van der Waals surface area contributed by atoms with Crippen LogP contribution in [0.25, 0.3) is 10.9 Å². The van der Waals surface area contributed by atoms with Gasteiger partial charge in [-0.15, -0.1) is 0 Å². The molecule has 0 aliphatic carbocycles. The average Bonchev–Trinajstić information content (AvgIpc) is 3.03. The molecule has 3 N–H and O–H groups in total. The third kappa shape index (κ3) is 12.2. The molecule has 0 aliphatic rings. The molecule has 3 amide bonds. The van der Waals surface area contributed by atoms with E-state index >= 15 is 0 Å². The van der Waals surface area contributed by atoms with E-state index in [0.717, 1.165) is 5.39 Å². The van der Waals surface area contributed by atoms with Gasteiger partial charge in [-0.25, -0.2) is 9.59 Å². The highest BCUT2D eigenvalue weighted by molar-refractivity contribution is 5.95. The third-order valence-electron chi connectivity index (χ3n) is 6.88. The molecule has 12 nitrogen and oxygen atoms in total. The molecule has 3 atom stereocenters. The Morgan fingerprint density at radius 2 is 1.50 bits per heavy atom. The number of fused-ring (bicyclic) bond motifs is 1. The Hall–Kier alpha value is -5.26. The lowest BCUT2D eigenvalue weighted by atomic mass is 10.0. The number of ether oxygens (including phenoxy) is 3. The molecule has 0 aliphatic heterocycles. The van der Waals surface area contributed by atoms with Crippen molar-refractivity contribution in [3.63, 3.8) is 0 Å². The average molecular weight is 661 g/mol. The zero-order valence-electron chi connectivity index (χ0n) is 28.0. The maximum Gasteiger partial charge on any atom is 0.408 e. The number of alkyl carbamates (subject to hydrolysis) is 1. The minimum absolute atomic E-state index is 0.0442. The van der Waals surface area contributed by atoms with E-state index in [4.69, 9.17) is 14.2 Å². The normalized spacial score (nSPS) is 13.0. The highest BCUT2D eigenvalue weighted by Crippen LogP contribution is 2.15. The Morgan fingerprint density at radius 1 is 0.833 bits per heavy atom. The summed E-state index contributed by atoms with van der Waals surface area (Å²) < 4.78 is 15.9. The standard InChI is InChI=1S/C36H44N4O8/c1-7-19-46-34(44)31(23(2)3)40-33(43)28(20-26-18-17-25-15-11-12-16-27(25)37-26)38-32(42)29(21-30(41)48-36(4,5)6)39-35(45)47-22-24-13-9-8-10-14-24/h7-18,23,28-29,31H,1,19-22H2,2-6H3,(H,38,42)(H,39,45)(H,40,43). The number of hydrogen-bond donors (Lipinski definition) is 3. The van der Waals surface area contributed by atoms with Gasteiger partial charge in [0.2, 0.25) is 11.8 Å². The van der Waals surface area contributed by atoms with Gasteiger partial charge in [0, 0.05) is 17.5 Å². The van der Waals surface area contributed by atoms with Gasteiger partial charge in [-0.1, -0.05) is 81.1 Å². The lowest BCUT2D eigenvalue weighted by molar-refractivity contribution is -0.156. The van der Waals surface area contributed by atoms with Crippen molar-refractivity contribution in [2.75, 3.05) is 6.61 Å². The van der Waals surface area contributed by atoms with Crippen LogP contribution in [-0.2, 0) is 46.4 Å². The van der Waals surface area contributed by atoms with E-state index in [-0.39, 0.29) is 25.6 Å². The number of nitrogens with zero attached hydrogens (tertiary/aromatic N) is 1. The van der Waals surface area contributed by atoms with Crippen molar-refractivity contribution >= 4 is 40.7 Å². The molecular formula is C36H44N4O8. The molecule has 1 heterocycles. The monoisotopic (exact) mass is 660 g/mol. The van der Waals surface area contributed by atoms with Gasteiger partial charge in [0.1, 0.15) is 36.9 Å². The van der Waals surface area contributed by atoms with Crippen LogP contribution in [0.1, 0.15) is 52.3 Å². The number of carbonyl (C=O) groups excluding carboxylic acids is 5. The minimum Gasteiger partial charge on any atom is -0.460 e. The van der Waals surface area contributed by atoms with E-state index < -0.39 is 60.0 Å². The highest BCUT2D eigenvalue weighted by atomic mass is 16.6. The molecule has 0 bridgehead atoms. The zero-order valence-corrected chi connectivity index (χ0v) is 28.0. The quantitative estimate of drug-likeness (QED) is 0.123. The van der Waals surface area contributed by atoms with E-state index in [2.05, 4.69) is 27.5 Å². The maximum absolute atomic E-state index is 13.8. The molecule has 48 heavy (non-hydrogen) atoms. The van der Waals surface area contributed by atoms with Crippen molar-refractivity contribution in [2.45, 2.75) is 77.8 Å². The lowest BCUT2D eigenvalue weighted by Gasteiger charge is -2.26. The number of para-hydroxylation sites is 1. The van der Waals surface area contributed by atoms with Crippen LogP contribution in [0.5, 0.6) is 0 Å². The second-order valence-corrected chi connectivity index (χ2v) is 12.5. The predicted octanol–water partition coefficient (Wildman–Crippen LogP) is 4.16. The molecule has 3 unspecified atom stereocenters. The fourth-order valence-electron chi connectivity index (χ4n) is 4.56. The van der Waals surface area contributed by atoms with Crippen LogP contribution in [0.2, 0.25) is 0 Å². The third-order valence-corrected chi connectivity index (χ3v) is 6.88. The summed E-state index contributed by atoms with van der Waals surface area (Å²) in [6.45, 7) is 11.9. The summed E-state index contributed by atoms with van der Waals surface area (Å²) in [5.41, 5.74) is 1.01. The SMILES string of the molecule is C=CCOC(=O)C(NC(=O)C(Cc1ccc2ccccc2n1)NC(=O)C(CC(=O)OC(C)(C)C)NC(=O)OCc1ccccc1)C(C)C. The molecule has 0 saturated heterocycles. The van der Waals surface area contributed by atoms with E-state index in [0.29, 0.717) is 16.8 Å². The highest BCUT2D eigenvalue weighted by Gasteiger charge is 2.33. The maximum atomic E-state index is 13.8. The minimum atomic E-state index is -1.47. The van der Waals surface area contributed by atoms with Gasteiger partial charge in [-0.3, -0.25) is 19.4 Å². The topological polar surface area (TPSA) is 162 Å². The number of esters is 2. The Morgan fingerprint density at radius 3 is 2.17 bits per heavy atom. The Labute approximate surface area is 280 Å². The first-order chi connectivity index (χ1) is 22.8. The van der Waals surface area contributed by atoms with Crippen molar-refractivity contribution in [1.29, 1.82) is 0 Å². The predicted molar refractivity (Wildman–Crippen MR) is 179 cm³/mol. The molecule has 12 heteroatoms. The van der Waals surface area contributed by atoms with Gasteiger partial charge in [0.15, 0.2) is 0 Å². The van der Waals surface area contributed by atoms with Crippen molar-refractivity contribution in [1.82, 2.24) is 20.9 Å². The van der Waals surface area contributed by atoms with Crippen LogP contribution in [-0.4, -0.2) is 65.2 Å². The van der Waals surface area contributed by atoms with E-state index in [1.54, 1.807) is 65.0 Å². The fourth-order valence-corrected chi connectivity index (χ4v) is 4.56. The molecule has 0 fully saturated rings. The van der Waals surface area contributed by atoms with Crippen LogP contribution in [0.4, 0.5) is 4.79 Å². The molecule has 0 saturated carbocycles. The van der Waals surface area contributed by atoms with Gasteiger partial charge in [-0.05, 0) is 44.4 Å². The first-order valence-corrected chi connectivity index (χ1v) is 15.7. The van der Waals surface area contributed by atoms with Crippen LogP contribution >= 0.6 is 0 Å². The molecule has 3 rings (SSSR count). The number of rotatable bonds is 15. The van der Waals surface area contributed by atoms with E-state index in [1.165, 1.54) is 6.08 Å². The molecule has 3 aromatic rings. The van der Waals surface area contributed by atoms with Crippen molar-refractivity contribution in [2.24, 2.45) is 5.92 Å². The number of carbonyl (C=O) groups is 5. The molecule has 0 radical (unpaired) electrons. The Kier molecular flexibility index (Phi) is 13.6. The Balaban J connectivity index is 1.88. The summed E-state index contributed by atoms with van der Waals surface area (Å²) in [7, 11) is 0. The molecule has 0 spiro atoms. The Bertz CT molecular complexity index is 1590. The fraction of sp³-hybridized carbons (Fsp3) is 0.389. The van der Waals surface area contributed by atoms with Crippen LogP contribution in [0.15, 0.2) is 79.4 Å². The largest absolute Gasteiger partial charge is 0.460 e. The van der Waals surface area contributed by atoms with Gasteiger partial charge >= 0.3 is 18.0 Å². The van der Waals surface area contributed by atoms with Crippen molar-refractivity contribution < 1.29 is 38.2 Å². The van der Waals surface area contributed by atoms with Crippen molar-refractivity contribution in [3.8, 4) is 0 Å². The number of aromatic nitrogens is 1. The van der Waals surface area contributed by atoms with Gasteiger partial charge in [0.25, 0.3) is 0 Å². The van der Waals surface area contributed by atoms with Crippen LogP contribution in [0.3, 0.4) is 0 Å². The lowest BCUT2D eigenvalue weighted by Crippen LogP contribution is -2.57.